The molecule has 2 N–H and O–H groups in total. The van der Waals surface area contributed by atoms with Gasteiger partial charge in [-0.1, -0.05) is 12.1 Å². The fourth-order valence-corrected chi connectivity index (χ4v) is 5.12. The topological polar surface area (TPSA) is 111 Å². The second-order valence-corrected chi connectivity index (χ2v) is 9.22. The first-order valence-corrected chi connectivity index (χ1v) is 12.0. The minimum absolute atomic E-state index is 0.152. The molecule has 180 valence electrons. The number of aryl methyl sites for hydroxylation is 1. The number of nitrogens with one attached hydrogen (secondary N) is 1. The van der Waals surface area contributed by atoms with Gasteiger partial charge < -0.3 is 19.3 Å². The summed E-state index contributed by atoms with van der Waals surface area (Å²) < 4.78 is 45.8. The highest BCUT2D eigenvalue weighted by Crippen LogP contribution is 2.33. The monoisotopic (exact) mass is 485 g/mol. The van der Waals surface area contributed by atoms with Crippen LogP contribution in [0.15, 0.2) is 59.5 Å². The maximum Gasteiger partial charge on any atom is 0.335 e. The summed E-state index contributed by atoms with van der Waals surface area (Å²) in [6, 6.07) is 14.5. The molecule has 0 amide bonds. The summed E-state index contributed by atoms with van der Waals surface area (Å²) in [6.07, 6.45) is 0. The molecule has 0 heterocycles. The Kier molecular flexibility index (Phi) is 7.68. The van der Waals surface area contributed by atoms with E-state index < -0.39 is 16.0 Å². The van der Waals surface area contributed by atoms with Crippen molar-refractivity contribution in [1.29, 1.82) is 0 Å². The van der Waals surface area contributed by atoms with Crippen LogP contribution in [0.25, 0.3) is 0 Å². The van der Waals surface area contributed by atoms with E-state index in [-0.39, 0.29) is 23.7 Å². The van der Waals surface area contributed by atoms with Crippen molar-refractivity contribution in [2.45, 2.75) is 25.7 Å². The van der Waals surface area contributed by atoms with Crippen molar-refractivity contribution in [1.82, 2.24) is 0 Å². The van der Waals surface area contributed by atoms with Crippen molar-refractivity contribution in [3.05, 3.63) is 76.9 Å². The highest BCUT2D eigenvalue weighted by atomic mass is 32.2. The molecule has 0 aliphatic carbocycles. The fraction of sp³-hybridized carbons (Fsp3) is 0.240. The summed E-state index contributed by atoms with van der Waals surface area (Å²) in [5.41, 5.74) is 2.42. The standard InChI is InChI=1S/C25H27NO7S/c1-16-15-23(31-4)17(2)18(3)24(16)34(29,30)26-21-7-5-6-8-22(21)33-14-13-32-20-11-9-19(10-12-20)25(27)28/h5-12,15,26H,13-14H2,1-4H3,(H,27,28). The van der Waals surface area contributed by atoms with Gasteiger partial charge in [0.15, 0.2) is 0 Å². The Bertz CT molecular complexity index is 1290. The number of ether oxygens (including phenoxy) is 3. The van der Waals surface area contributed by atoms with Crippen LogP contribution in [0.1, 0.15) is 27.0 Å². The van der Waals surface area contributed by atoms with Crippen LogP contribution in [0.2, 0.25) is 0 Å². The predicted octanol–water partition coefficient (Wildman–Crippen LogP) is 4.58. The molecule has 0 saturated carbocycles. The van der Waals surface area contributed by atoms with E-state index in [1.807, 2.05) is 6.92 Å². The van der Waals surface area contributed by atoms with Gasteiger partial charge in [0, 0.05) is 0 Å². The molecular formula is C25H27NO7S. The predicted molar refractivity (Wildman–Crippen MR) is 129 cm³/mol. The third-order valence-corrected chi connectivity index (χ3v) is 6.96. The van der Waals surface area contributed by atoms with Crippen LogP contribution in [0.4, 0.5) is 5.69 Å². The normalized spacial score (nSPS) is 11.1. The van der Waals surface area contributed by atoms with Crippen molar-refractivity contribution in [3.63, 3.8) is 0 Å². The Morgan fingerprint density at radius 3 is 2.21 bits per heavy atom. The number of sulfonamides is 1. The zero-order chi connectivity index (χ0) is 24.9. The van der Waals surface area contributed by atoms with E-state index >= 15 is 0 Å². The smallest absolute Gasteiger partial charge is 0.335 e. The van der Waals surface area contributed by atoms with E-state index in [9.17, 15) is 13.2 Å². The first-order valence-electron chi connectivity index (χ1n) is 10.5. The first kappa shape index (κ1) is 24.9. The molecule has 0 aromatic heterocycles. The summed E-state index contributed by atoms with van der Waals surface area (Å²) >= 11 is 0. The van der Waals surface area contributed by atoms with Crippen LogP contribution in [0, 0.1) is 20.8 Å². The molecule has 0 radical (unpaired) electrons. The third kappa shape index (κ3) is 5.60. The van der Waals surface area contributed by atoms with Gasteiger partial charge in [-0.3, -0.25) is 4.72 Å². The zero-order valence-corrected chi connectivity index (χ0v) is 20.2. The number of hydrogen-bond acceptors (Lipinski definition) is 6. The lowest BCUT2D eigenvalue weighted by Crippen LogP contribution is -2.18. The molecule has 0 atom stereocenters. The molecule has 0 aliphatic rings. The zero-order valence-electron chi connectivity index (χ0n) is 19.4. The van der Waals surface area contributed by atoms with Gasteiger partial charge in [0.05, 0.1) is 23.3 Å². The summed E-state index contributed by atoms with van der Waals surface area (Å²) in [7, 11) is -2.34. The molecule has 34 heavy (non-hydrogen) atoms. The minimum Gasteiger partial charge on any atom is -0.496 e. The lowest BCUT2D eigenvalue weighted by molar-refractivity contribution is 0.0696. The molecule has 0 fully saturated rings. The molecule has 0 bridgehead atoms. The Morgan fingerprint density at radius 2 is 1.56 bits per heavy atom. The Labute approximate surface area is 199 Å². The Morgan fingerprint density at radius 1 is 0.912 bits per heavy atom. The number of carbonyl (C=O) groups is 1. The van der Waals surface area contributed by atoms with Gasteiger partial charge in [0.25, 0.3) is 10.0 Å². The SMILES string of the molecule is COc1cc(C)c(S(=O)(=O)Nc2ccccc2OCCOc2ccc(C(=O)O)cc2)c(C)c1C. The van der Waals surface area contributed by atoms with Gasteiger partial charge in [-0.15, -0.1) is 0 Å². The van der Waals surface area contributed by atoms with Crippen molar-refractivity contribution in [2.24, 2.45) is 0 Å². The number of benzene rings is 3. The Hall–Kier alpha value is -3.72. The largest absolute Gasteiger partial charge is 0.496 e. The third-order valence-electron chi connectivity index (χ3n) is 5.31. The number of hydrogen-bond donors (Lipinski definition) is 2. The van der Waals surface area contributed by atoms with Gasteiger partial charge in [-0.2, -0.15) is 0 Å². The molecule has 9 heteroatoms. The Balaban J connectivity index is 1.71. The van der Waals surface area contributed by atoms with Gasteiger partial charge >= 0.3 is 5.97 Å². The summed E-state index contributed by atoms with van der Waals surface area (Å²) in [5.74, 6) is 0.485. The van der Waals surface area contributed by atoms with E-state index in [1.165, 1.54) is 12.1 Å². The van der Waals surface area contributed by atoms with Crippen LogP contribution >= 0.6 is 0 Å². The van der Waals surface area contributed by atoms with Gasteiger partial charge in [-0.05, 0) is 79.9 Å². The highest BCUT2D eigenvalue weighted by molar-refractivity contribution is 7.92. The lowest BCUT2D eigenvalue weighted by atomic mass is 10.1. The average molecular weight is 486 g/mol. The summed E-state index contributed by atoms with van der Waals surface area (Å²) in [5, 5.41) is 8.95. The molecule has 3 aromatic rings. The molecule has 8 nitrogen and oxygen atoms in total. The maximum atomic E-state index is 13.3. The first-order chi connectivity index (χ1) is 16.1. The quantitative estimate of drug-likeness (QED) is 0.405. The molecule has 0 saturated heterocycles. The van der Waals surface area contributed by atoms with E-state index in [4.69, 9.17) is 19.3 Å². The van der Waals surface area contributed by atoms with Crippen LogP contribution in [0.5, 0.6) is 17.2 Å². The number of carboxylic acids is 1. The van der Waals surface area contributed by atoms with Crippen LogP contribution < -0.4 is 18.9 Å². The van der Waals surface area contributed by atoms with Crippen molar-refractivity contribution in [2.75, 3.05) is 25.0 Å². The molecule has 3 rings (SSSR count). The van der Waals surface area contributed by atoms with Gasteiger partial charge in [0.1, 0.15) is 30.5 Å². The number of anilines is 1. The van der Waals surface area contributed by atoms with E-state index in [1.54, 1.807) is 63.4 Å². The fourth-order valence-electron chi connectivity index (χ4n) is 3.52. The summed E-state index contributed by atoms with van der Waals surface area (Å²) in [6.45, 7) is 5.63. The number of aromatic carboxylic acids is 1. The van der Waals surface area contributed by atoms with Crippen LogP contribution in [0.3, 0.4) is 0 Å². The highest BCUT2D eigenvalue weighted by Gasteiger charge is 2.24. The van der Waals surface area contributed by atoms with E-state index in [0.29, 0.717) is 34.1 Å². The molecule has 0 unspecified atom stereocenters. The van der Waals surface area contributed by atoms with E-state index in [0.717, 1.165) is 5.56 Å². The van der Waals surface area contributed by atoms with E-state index in [2.05, 4.69) is 4.72 Å². The lowest BCUT2D eigenvalue weighted by Gasteiger charge is -2.18. The number of para-hydroxylation sites is 2. The van der Waals surface area contributed by atoms with Crippen LogP contribution in [-0.2, 0) is 10.0 Å². The van der Waals surface area contributed by atoms with Crippen molar-refractivity contribution in [3.8, 4) is 17.2 Å². The van der Waals surface area contributed by atoms with Gasteiger partial charge in [-0.25, -0.2) is 13.2 Å². The van der Waals surface area contributed by atoms with Gasteiger partial charge in [0.2, 0.25) is 0 Å². The van der Waals surface area contributed by atoms with Crippen LogP contribution in [-0.4, -0.2) is 39.8 Å². The number of rotatable bonds is 10. The number of carboxylic acid groups (broad SMARTS) is 1. The molecule has 3 aromatic carbocycles. The second-order valence-electron chi connectivity index (χ2n) is 7.60. The van der Waals surface area contributed by atoms with Crippen molar-refractivity contribution < 1.29 is 32.5 Å². The van der Waals surface area contributed by atoms with Crippen molar-refractivity contribution >= 4 is 21.7 Å². The molecule has 0 aliphatic heterocycles. The maximum absolute atomic E-state index is 13.3. The summed E-state index contributed by atoms with van der Waals surface area (Å²) in [4.78, 5) is 11.1. The molecular weight excluding hydrogens is 458 g/mol. The number of methoxy groups -OCH3 is 1. The average Bonchev–Trinajstić information content (AvgIpc) is 2.80. The minimum atomic E-state index is -3.89. The second kappa shape index (κ2) is 10.5. The molecule has 0 spiro atoms.